The number of unbranched alkanes of at least 4 members (excludes halogenated alkanes) is 6. The van der Waals surface area contributed by atoms with Gasteiger partial charge >= 0.3 is 18.1 Å². The lowest BCUT2D eigenvalue weighted by atomic mass is 9.75. The van der Waals surface area contributed by atoms with Gasteiger partial charge in [0.2, 0.25) is 0 Å². The Morgan fingerprint density at radius 2 is 1.20 bits per heavy atom. The molecule has 0 aliphatic carbocycles. The number of hydrogen-bond acceptors (Lipinski definition) is 1. The highest BCUT2D eigenvalue weighted by molar-refractivity contribution is 5.74. The Kier molecular flexibility index (Phi) is 10.6. The van der Waals surface area contributed by atoms with Crippen LogP contribution in [0.4, 0.5) is 22.0 Å². The Bertz CT molecular complexity index is 382. The van der Waals surface area contributed by atoms with Gasteiger partial charge in [-0.1, -0.05) is 58.8 Å². The maximum absolute atomic E-state index is 12.9. The second-order valence-electron chi connectivity index (χ2n) is 6.87. The third kappa shape index (κ3) is 8.36. The van der Waals surface area contributed by atoms with E-state index in [0.717, 1.165) is 38.5 Å². The van der Waals surface area contributed by atoms with Crippen molar-refractivity contribution in [3.05, 3.63) is 0 Å². The Morgan fingerprint density at radius 3 is 1.64 bits per heavy atom. The van der Waals surface area contributed by atoms with Crippen LogP contribution >= 0.6 is 0 Å². The fourth-order valence-electron chi connectivity index (χ4n) is 3.04. The molecule has 0 saturated carbocycles. The summed E-state index contributed by atoms with van der Waals surface area (Å²) in [6.45, 7) is 3.84. The van der Waals surface area contributed by atoms with Gasteiger partial charge in [0.15, 0.2) is 0 Å². The van der Waals surface area contributed by atoms with Gasteiger partial charge in [-0.2, -0.15) is 22.0 Å². The van der Waals surface area contributed by atoms with Gasteiger partial charge in [-0.25, -0.2) is 0 Å². The predicted octanol–water partition coefficient (Wildman–Crippen LogP) is 6.98. The number of carbonyl (C=O) groups is 1. The molecule has 0 spiro atoms. The van der Waals surface area contributed by atoms with Gasteiger partial charge in [0.05, 0.1) is 5.41 Å². The van der Waals surface area contributed by atoms with Crippen LogP contribution in [-0.2, 0) is 4.79 Å². The first-order chi connectivity index (χ1) is 11.5. The average molecular weight is 374 g/mol. The molecule has 0 amide bonds. The zero-order valence-electron chi connectivity index (χ0n) is 15.2. The van der Waals surface area contributed by atoms with Crippen LogP contribution in [-0.4, -0.2) is 23.2 Å². The van der Waals surface area contributed by atoms with Crippen LogP contribution < -0.4 is 0 Å². The van der Waals surface area contributed by atoms with Gasteiger partial charge in [-0.05, 0) is 25.7 Å². The maximum Gasteiger partial charge on any atom is 0.453 e. The maximum atomic E-state index is 12.9. The Labute approximate surface area is 147 Å². The highest BCUT2D eigenvalue weighted by Gasteiger charge is 2.56. The largest absolute Gasteiger partial charge is 0.481 e. The molecule has 2 nitrogen and oxygen atoms in total. The Morgan fingerprint density at radius 1 is 0.760 bits per heavy atom. The van der Waals surface area contributed by atoms with Crippen molar-refractivity contribution >= 4 is 5.97 Å². The topological polar surface area (TPSA) is 37.3 Å². The number of aliphatic carboxylic acids is 1. The van der Waals surface area contributed by atoms with Crippen LogP contribution in [0, 0.1) is 5.41 Å². The van der Waals surface area contributed by atoms with E-state index in [1.165, 1.54) is 0 Å². The molecular formula is C18H31F5O2. The number of carboxylic acids is 1. The van der Waals surface area contributed by atoms with E-state index in [4.69, 9.17) is 0 Å². The van der Waals surface area contributed by atoms with Crippen LogP contribution in [0.5, 0.6) is 0 Å². The quantitative estimate of drug-likeness (QED) is 0.263. The van der Waals surface area contributed by atoms with E-state index < -0.39 is 29.9 Å². The lowest BCUT2D eigenvalue weighted by Gasteiger charge is -2.28. The molecule has 0 aromatic rings. The zero-order valence-corrected chi connectivity index (χ0v) is 15.2. The van der Waals surface area contributed by atoms with Crippen LogP contribution in [0.1, 0.15) is 90.9 Å². The SMILES string of the molecule is CCCCCCCCC(CC)(CCCCC(F)(F)C(F)(F)F)C(=O)O. The molecule has 150 valence electrons. The van der Waals surface area contributed by atoms with E-state index in [1.54, 1.807) is 6.92 Å². The van der Waals surface area contributed by atoms with Gasteiger partial charge in [0.1, 0.15) is 0 Å². The summed E-state index contributed by atoms with van der Waals surface area (Å²) in [6.07, 6.45) is -0.103. The van der Waals surface area contributed by atoms with Gasteiger partial charge < -0.3 is 5.11 Å². The van der Waals surface area contributed by atoms with E-state index >= 15 is 0 Å². The Hall–Kier alpha value is -0.880. The molecule has 0 radical (unpaired) electrons. The highest BCUT2D eigenvalue weighted by atomic mass is 19.4. The fourth-order valence-corrected chi connectivity index (χ4v) is 3.04. The first-order valence-electron chi connectivity index (χ1n) is 9.20. The predicted molar refractivity (Wildman–Crippen MR) is 87.8 cm³/mol. The summed E-state index contributed by atoms with van der Waals surface area (Å²) in [4.78, 5) is 11.6. The van der Waals surface area contributed by atoms with Crippen molar-refractivity contribution < 1.29 is 31.9 Å². The summed E-state index contributed by atoms with van der Waals surface area (Å²) < 4.78 is 62.2. The van der Waals surface area contributed by atoms with E-state index in [2.05, 4.69) is 6.92 Å². The minimum absolute atomic E-state index is 0.0572. The van der Waals surface area contributed by atoms with Crippen molar-refractivity contribution in [2.45, 2.75) is 103 Å². The molecule has 0 fully saturated rings. The molecule has 25 heavy (non-hydrogen) atoms. The number of rotatable bonds is 14. The van der Waals surface area contributed by atoms with E-state index in [1.807, 2.05) is 0 Å². The van der Waals surface area contributed by atoms with Crippen molar-refractivity contribution in [2.24, 2.45) is 5.41 Å². The lowest BCUT2D eigenvalue weighted by Crippen LogP contribution is -2.36. The average Bonchev–Trinajstić information content (AvgIpc) is 2.51. The van der Waals surface area contributed by atoms with E-state index in [9.17, 15) is 31.9 Å². The first kappa shape index (κ1) is 24.1. The van der Waals surface area contributed by atoms with Crippen molar-refractivity contribution in [1.82, 2.24) is 0 Å². The van der Waals surface area contributed by atoms with Crippen LogP contribution in [0.25, 0.3) is 0 Å². The summed E-state index contributed by atoms with van der Waals surface area (Å²) in [6, 6.07) is 0. The number of alkyl halides is 5. The molecule has 1 unspecified atom stereocenters. The molecule has 0 heterocycles. The number of carboxylic acid groups (broad SMARTS) is 1. The molecule has 0 saturated heterocycles. The molecule has 1 N–H and O–H groups in total. The van der Waals surface area contributed by atoms with Crippen molar-refractivity contribution in [3.63, 3.8) is 0 Å². The molecule has 0 aromatic carbocycles. The molecule has 0 rings (SSSR count). The molecular weight excluding hydrogens is 343 g/mol. The highest BCUT2D eigenvalue weighted by Crippen LogP contribution is 2.41. The zero-order chi connectivity index (χ0) is 19.6. The summed E-state index contributed by atoms with van der Waals surface area (Å²) in [7, 11) is 0. The monoisotopic (exact) mass is 374 g/mol. The van der Waals surface area contributed by atoms with Crippen LogP contribution in [0.3, 0.4) is 0 Å². The third-order valence-electron chi connectivity index (χ3n) is 4.95. The van der Waals surface area contributed by atoms with Crippen molar-refractivity contribution in [2.75, 3.05) is 0 Å². The first-order valence-corrected chi connectivity index (χ1v) is 9.20. The minimum atomic E-state index is -5.54. The van der Waals surface area contributed by atoms with Crippen molar-refractivity contribution in [3.8, 4) is 0 Å². The molecule has 1 atom stereocenters. The summed E-state index contributed by atoms with van der Waals surface area (Å²) in [5.41, 5.74) is -1.02. The smallest absolute Gasteiger partial charge is 0.453 e. The summed E-state index contributed by atoms with van der Waals surface area (Å²) in [5, 5.41) is 9.52. The van der Waals surface area contributed by atoms with E-state index in [0.29, 0.717) is 12.8 Å². The summed E-state index contributed by atoms with van der Waals surface area (Å²) >= 11 is 0. The molecule has 0 bridgehead atoms. The van der Waals surface area contributed by atoms with Gasteiger partial charge in [0, 0.05) is 6.42 Å². The fraction of sp³-hybridized carbons (Fsp3) is 0.944. The van der Waals surface area contributed by atoms with E-state index in [-0.39, 0.29) is 19.3 Å². The minimum Gasteiger partial charge on any atom is -0.481 e. The molecule has 0 aliphatic rings. The molecule has 0 aliphatic heterocycles. The number of hydrogen-bond donors (Lipinski definition) is 1. The second kappa shape index (κ2) is 11.0. The Balaban J connectivity index is 4.41. The van der Waals surface area contributed by atoms with Gasteiger partial charge in [-0.15, -0.1) is 0 Å². The normalized spacial score (nSPS) is 15.2. The van der Waals surface area contributed by atoms with Crippen LogP contribution in [0.15, 0.2) is 0 Å². The second-order valence-corrected chi connectivity index (χ2v) is 6.87. The number of halogens is 5. The molecule has 7 heteroatoms. The lowest BCUT2D eigenvalue weighted by molar-refractivity contribution is -0.284. The molecule has 0 aromatic heterocycles. The standard InChI is InChI=1S/C18H31F5O2/c1-3-5-6-7-8-9-12-16(4-2,15(24)25)13-10-11-14-17(19,20)18(21,22)23/h3-14H2,1-2H3,(H,24,25). The third-order valence-corrected chi connectivity index (χ3v) is 4.95. The summed E-state index contributed by atoms with van der Waals surface area (Å²) in [5.74, 6) is -5.68. The van der Waals surface area contributed by atoms with Gasteiger partial charge in [-0.3, -0.25) is 4.79 Å². The van der Waals surface area contributed by atoms with Gasteiger partial charge in [0.25, 0.3) is 0 Å². The van der Waals surface area contributed by atoms with Crippen LogP contribution in [0.2, 0.25) is 0 Å². The van der Waals surface area contributed by atoms with Crippen molar-refractivity contribution in [1.29, 1.82) is 0 Å².